The Morgan fingerprint density at radius 3 is 2.12 bits per heavy atom. The lowest BCUT2D eigenvalue weighted by atomic mass is 10.1. The van der Waals surface area contributed by atoms with Crippen molar-refractivity contribution in [2.45, 2.75) is 13.5 Å². The van der Waals surface area contributed by atoms with Crippen molar-refractivity contribution >= 4 is 11.9 Å². The van der Waals surface area contributed by atoms with Crippen LogP contribution in [0.4, 0.5) is 0 Å². The molecule has 0 fully saturated rings. The largest absolute Gasteiger partial charge is 0.497 e. The van der Waals surface area contributed by atoms with Gasteiger partial charge >= 0.3 is 5.97 Å². The summed E-state index contributed by atoms with van der Waals surface area (Å²) in [6, 6.07) is 12.6. The van der Waals surface area contributed by atoms with Crippen molar-refractivity contribution in [1.29, 1.82) is 0 Å². The summed E-state index contributed by atoms with van der Waals surface area (Å²) in [4.78, 5) is 26.3. The highest BCUT2D eigenvalue weighted by atomic mass is 16.5. The second-order valence-electron chi connectivity index (χ2n) is 5.77. The normalized spacial score (nSPS) is 10.2. The van der Waals surface area contributed by atoms with E-state index in [2.05, 4.69) is 0 Å². The number of carbonyl (C=O) groups is 2. The van der Waals surface area contributed by atoms with E-state index < -0.39 is 5.97 Å². The fourth-order valence-corrected chi connectivity index (χ4v) is 2.53. The Hall–Kier alpha value is -3.02. The van der Waals surface area contributed by atoms with Gasteiger partial charge in [0.1, 0.15) is 18.0 Å². The molecule has 1 amide bonds. The summed E-state index contributed by atoms with van der Waals surface area (Å²) in [6.07, 6.45) is 0. The van der Waals surface area contributed by atoms with E-state index in [1.807, 2.05) is 31.2 Å². The molecule has 0 unspecified atom stereocenters. The van der Waals surface area contributed by atoms with Gasteiger partial charge in [0.2, 0.25) is 0 Å². The Bertz CT molecular complexity index is 765. The average Bonchev–Trinajstić information content (AvgIpc) is 2.67. The first kappa shape index (κ1) is 19.3. The smallest absolute Gasteiger partial charge is 0.325 e. The summed E-state index contributed by atoms with van der Waals surface area (Å²) in [5.41, 5.74) is 2.37. The van der Waals surface area contributed by atoms with Crippen LogP contribution in [0.1, 0.15) is 21.5 Å². The number of amides is 1. The van der Waals surface area contributed by atoms with Gasteiger partial charge in [-0.3, -0.25) is 9.59 Å². The van der Waals surface area contributed by atoms with Crippen LogP contribution in [0, 0.1) is 6.92 Å². The lowest BCUT2D eigenvalue weighted by Crippen LogP contribution is -2.36. The minimum Gasteiger partial charge on any atom is -0.497 e. The fraction of sp³-hybridized carbons (Fsp3) is 0.300. The lowest BCUT2D eigenvalue weighted by molar-refractivity contribution is -0.141. The zero-order valence-corrected chi connectivity index (χ0v) is 15.4. The molecule has 0 saturated heterocycles. The van der Waals surface area contributed by atoms with Gasteiger partial charge in [0.15, 0.2) is 0 Å². The van der Waals surface area contributed by atoms with Gasteiger partial charge in [0, 0.05) is 18.2 Å². The number of ether oxygens (including phenoxy) is 3. The van der Waals surface area contributed by atoms with Gasteiger partial charge in [-0.05, 0) is 30.2 Å². The molecule has 0 aromatic heterocycles. The first-order chi connectivity index (χ1) is 12.5. The van der Waals surface area contributed by atoms with E-state index in [-0.39, 0.29) is 12.5 Å². The molecule has 138 valence electrons. The standard InChI is InChI=1S/C20H23NO5/c1-14-7-5-6-8-15(14)12-21(13-19(22)26-4)20(23)16-9-17(24-2)11-18(10-16)25-3/h5-11H,12-13H2,1-4H3. The fourth-order valence-electron chi connectivity index (χ4n) is 2.53. The summed E-state index contributed by atoms with van der Waals surface area (Å²) in [6.45, 7) is 2.11. The van der Waals surface area contributed by atoms with Crippen LogP contribution in [0.15, 0.2) is 42.5 Å². The molecule has 26 heavy (non-hydrogen) atoms. The van der Waals surface area contributed by atoms with Crippen LogP contribution in [0.25, 0.3) is 0 Å². The van der Waals surface area contributed by atoms with Crippen LogP contribution in [0.2, 0.25) is 0 Å². The van der Waals surface area contributed by atoms with Crippen molar-refractivity contribution in [3.63, 3.8) is 0 Å². The van der Waals surface area contributed by atoms with Crippen molar-refractivity contribution in [1.82, 2.24) is 4.90 Å². The van der Waals surface area contributed by atoms with Crippen molar-refractivity contribution < 1.29 is 23.8 Å². The van der Waals surface area contributed by atoms with Gasteiger partial charge in [-0.25, -0.2) is 0 Å². The quantitative estimate of drug-likeness (QED) is 0.713. The second-order valence-corrected chi connectivity index (χ2v) is 5.77. The molecule has 6 heteroatoms. The van der Waals surface area contributed by atoms with Crippen LogP contribution in [-0.2, 0) is 16.1 Å². The van der Waals surface area contributed by atoms with Crippen LogP contribution in [0.3, 0.4) is 0 Å². The molecule has 0 aliphatic heterocycles. The van der Waals surface area contributed by atoms with Crippen molar-refractivity contribution in [2.24, 2.45) is 0 Å². The zero-order chi connectivity index (χ0) is 19.1. The van der Waals surface area contributed by atoms with Gasteiger partial charge in [-0.15, -0.1) is 0 Å². The number of esters is 1. The molecule has 0 spiro atoms. The molecule has 0 radical (unpaired) electrons. The molecule has 6 nitrogen and oxygen atoms in total. The van der Waals surface area contributed by atoms with E-state index in [9.17, 15) is 9.59 Å². The highest BCUT2D eigenvalue weighted by Gasteiger charge is 2.21. The monoisotopic (exact) mass is 357 g/mol. The molecule has 0 saturated carbocycles. The van der Waals surface area contributed by atoms with Crippen molar-refractivity contribution in [3.8, 4) is 11.5 Å². The molecule has 0 aliphatic rings. The molecular formula is C20H23NO5. The second kappa shape index (κ2) is 8.89. The summed E-state index contributed by atoms with van der Waals surface area (Å²) in [5, 5.41) is 0. The minimum atomic E-state index is -0.484. The molecule has 2 aromatic rings. The van der Waals surface area contributed by atoms with Crippen LogP contribution in [0.5, 0.6) is 11.5 Å². The Balaban J connectivity index is 2.36. The molecule has 0 bridgehead atoms. The Morgan fingerprint density at radius 1 is 0.962 bits per heavy atom. The first-order valence-electron chi connectivity index (χ1n) is 8.12. The predicted octanol–water partition coefficient (Wildman–Crippen LogP) is 2.83. The highest BCUT2D eigenvalue weighted by molar-refractivity contribution is 5.96. The molecular weight excluding hydrogens is 334 g/mol. The Morgan fingerprint density at radius 2 is 1.58 bits per heavy atom. The first-order valence-corrected chi connectivity index (χ1v) is 8.12. The highest BCUT2D eigenvalue weighted by Crippen LogP contribution is 2.24. The number of hydrogen-bond acceptors (Lipinski definition) is 5. The van der Waals surface area contributed by atoms with Crippen LogP contribution >= 0.6 is 0 Å². The van der Waals surface area contributed by atoms with Gasteiger partial charge in [0.05, 0.1) is 21.3 Å². The minimum absolute atomic E-state index is 0.150. The van der Waals surface area contributed by atoms with E-state index in [4.69, 9.17) is 14.2 Å². The van der Waals surface area contributed by atoms with Gasteiger partial charge < -0.3 is 19.1 Å². The summed E-state index contributed by atoms with van der Waals surface area (Å²) in [5.74, 6) is 0.209. The van der Waals surface area contributed by atoms with E-state index >= 15 is 0 Å². The van der Waals surface area contributed by atoms with Crippen molar-refractivity contribution in [2.75, 3.05) is 27.9 Å². The van der Waals surface area contributed by atoms with Gasteiger partial charge in [-0.1, -0.05) is 24.3 Å². The number of rotatable bonds is 7. The third-order valence-corrected chi connectivity index (χ3v) is 4.06. The lowest BCUT2D eigenvalue weighted by Gasteiger charge is -2.23. The zero-order valence-electron chi connectivity index (χ0n) is 15.4. The molecule has 0 aliphatic carbocycles. The van der Waals surface area contributed by atoms with Crippen molar-refractivity contribution in [3.05, 3.63) is 59.2 Å². The maximum absolute atomic E-state index is 13.1. The SMILES string of the molecule is COC(=O)CN(Cc1ccccc1C)C(=O)c1cc(OC)cc(OC)c1. The van der Waals surface area contributed by atoms with Crippen LogP contribution in [-0.4, -0.2) is 44.7 Å². The topological polar surface area (TPSA) is 65.1 Å². The Kier molecular flexibility index (Phi) is 6.60. The molecule has 2 rings (SSSR count). The number of nitrogens with zero attached hydrogens (tertiary/aromatic N) is 1. The van der Waals surface area contributed by atoms with Gasteiger partial charge in [-0.2, -0.15) is 0 Å². The van der Waals surface area contributed by atoms with E-state index in [1.165, 1.54) is 26.2 Å². The number of methoxy groups -OCH3 is 3. The Labute approximate surface area is 153 Å². The molecule has 0 heterocycles. The summed E-state index contributed by atoms with van der Waals surface area (Å²) >= 11 is 0. The van der Waals surface area contributed by atoms with E-state index in [0.29, 0.717) is 23.6 Å². The number of hydrogen-bond donors (Lipinski definition) is 0. The van der Waals surface area contributed by atoms with Crippen LogP contribution < -0.4 is 9.47 Å². The maximum atomic E-state index is 13.1. The number of carbonyl (C=O) groups excluding carboxylic acids is 2. The molecule has 2 aromatic carbocycles. The van der Waals surface area contributed by atoms with E-state index in [0.717, 1.165) is 11.1 Å². The predicted molar refractivity (Wildman–Crippen MR) is 97.5 cm³/mol. The molecule has 0 N–H and O–H groups in total. The molecule has 0 atom stereocenters. The third-order valence-electron chi connectivity index (χ3n) is 4.06. The summed E-state index contributed by atoms with van der Waals surface area (Å²) in [7, 11) is 4.33. The van der Waals surface area contributed by atoms with Gasteiger partial charge in [0.25, 0.3) is 5.91 Å². The number of aryl methyl sites for hydroxylation is 1. The summed E-state index contributed by atoms with van der Waals surface area (Å²) < 4.78 is 15.2. The average molecular weight is 357 g/mol. The van der Waals surface area contributed by atoms with E-state index in [1.54, 1.807) is 18.2 Å². The number of benzene rings is 2. The third kappa shape index (κ3) is 4.75. The maximum Gasteiger partial charge on any atom is 0.325 e.